The van der Waals surface area contributed by atoms with E-state index in [1.807, 2.05) is 13.0 Å². The first-order valence-electron chi connectivity index (χ1n) is 9.18. The van der Waals surface area contributed by atoms with E-state index in [4.69, 9.17) is 0 Å². The summed E-state index contributed by atoms with van der Waals surface area (Å²) >= 11 is 0. The van der Waals surface area contributed by atoms with Crippen LogP contribution in [0.4, 0.5) is 0 Å². The molecule has 0 heterocycles. The molecule has 0 bridgehead atoms. The summed E-state index contributed by atoms with van der Waals surface area (Å²) in [6.45, 7) is 6.30. The molecule has 3 saturated carbocycles. The van der Waals surface area contributed by atoms with E-state index in [1.54, 1.807) is 0 Å². The number of fused-ring (bicyclic) bond motifs is 5. The Kier molecular flexibility index (Phi) is 3.09. The number of hydrogen-bond acceptors (Lipinski definition) is 3. The van der Waals surface area contributed by atoms with Gasteiger partial charge in [0.15, 0.2) is 5.78 Å². The third-order valence-electron chi connectivity index (χ3n) is 7.87. The van der Waals surface area contributed by atoms with Gasteiger partial charge in [-0.3, -0.25) is 9.59 Å². The van der Waals surface area contributed by atoms with Gasteiger partial charge in [-0.15, -0.1) is 0 Å². The van der Waals surface area contributed by atoms with Crippen LogP contribution < -0.4 is 0 Å². The number of hydrogen-bond donors (Lipinski definition) is 1. The second-order valence-corrected chi connectivity index (χ2v) is 9.25. The summed E-state index contributed by atoms with van der Waals surface area (Å²) in [4.78, 5) is 24.4. The molecule has 4 rings (SSSR count). The minimum atomic E-state index is -0.829. The van der Waals surface area contributed by atoms with Crippen LogP contribution in [0.25, 0.3) is 0 Å². The van der Waals surface area contributed by atoms with Gasteiger partial charge in [0, 0.05) is 18.3 Å². The van der Waals surface area contributed by atoms with Crippen molar-refractivity contribution in [2.45, 2.75) is 71.3 Å². The molecule has 0 radical (unpaired) electrons. The fraction of sp³-hybridized carbons (Fsp3) is 0.800. The number of rotatable bonds is 0. The molecule has 0 spiro atoms. The van der Waals surface area contributed by atoms with Gasteiger partial charge in [0.1, 0.15) is 5.78 Å². The summed E-state index contributed by atoms with van der Waals surface area (Å²) < 4.78 is 0. The lowest BCUT2D eigenvalue weighted by molar-refractivity contribution is -0.179. The Morgan fingerprint density at radius 3 is 2.52 bits per heavy atom. The van der Waals surface area contributed by atoms with Gasteiger partial charge in [0.25, 0.3) is 0 Å². The summed E-state index contributed by atoms with van der Waals surface area (Å²) in [6.07, 6.45) is 7.54. The van der Waals surface area contributed by atoms with Crippen LogP contribution in [0.5, 0.6) is 0 Å². The fourth-order valence-corrected chi connectivity index (χ4v) is 7.10. The van der Waals surface area contributed by atoms with Crippen molar-refractivity contribution in [1.82, 2.24) is 0 Å². The molecule has 0 unspecified atom stereocenters. The number of aliphatic hydroxyl groups is 1. The van der Waals surface area contributed by atoms with Crippen molar-refractivity contribution in [2.24, 2.45) is 28.6 Å². The van der Waals surface area contributed by atoms with Crippen LogP contribution in [-0.4, -0.2) is 22.3 Å². The molecular formula is C20H28O3. The Morgan fingerprint density at radius 2 is 1.78 bits per heavy atom. The van der Waals surface area contributed by atoms with Gasteiger partial charge >= 0.3 is 0 Å². The second-order valence-electron chi connectivity index (χ2n) is 9.25. The molecule has 4 aliphatic rings. The van der Waals surface area contributed by atoms with Gasteiger partial charge in [-0.05, 0) is 68.3 Å². The Hall–Kier alpha value is -0.960. The number of Topliss-reactive ketones (excluding diaryl/α,β-unsaturated/α-hetero) is 1. The molecule has 0 amide bonds. The standard InChI is InChI=1S/C20H28O3/c1-18-9-8-13(21)10-12(18)4-5-14-15-6-7-16(22)19(15,2)11-20(3,23)17(14)18/h10,14-15,17,23H,4-9,11H2,1-3H3/t14-,15-,17-,18-,19-,20-/m0/s1. The lowest BCUT2D eigenvalue weighted by Crippen LogP contribution is -2.61. The van der Waals surface area contributed by atoms with E-state index in [9.17, 15) is 14.7 Å². The van der Waals surface area contributed by atoms with Crippen LogP contribution in [-0.2, 0) is 9.59 Å². The maximum Gasteiger partial charge on any atom is 0.155 e. The highest BCUT2D eigenvalue weighted by Crippen LogP contribution is 2.66. The molecule has 0 aromatic rings. The lowest BCUT2D eigenvalue weighted by Gasteiger charge is -2.62. The summed E-state index contributed by atoms with van der Waals surface area (Å²) in [5.74, 6) is 1.59. The van der Waals surface area contributed by atoms with Crippen molar-refractivity contribution >= 4 is 11.6 Å². The Morgan fingerprint density at radius 1 is 1.04 bits per heavy atom. The van der Waals surface area contributed by atoms with Crippen molar-refractivity contribution in [3.8, 4) is 0 Å². The van der Waals surface area contributed by atoms with E-state index in [0.29, 0.717) is 36.9 Å². The van der Waals surface area contributed by atoms with Gasteiger partial charge in [0.05, 0.1) is 5.60 Å². The quantitative estimate of drug-likeness (QED) is 0.745. The number of allylic oxidation sites excluding steroid dienone is 1. The molecule has 1 N–H and O–H groups in total. The van der Waals surface area contributed by atoms with E-state index in [2.05, 4.69) is 13.8 Å². The highest BCUT2D eigenvalue weighted by Gasteiger charge is 2.65. The van der Waals surface area contributed by atoms with Crippen LogP contribution in [0.3, 0.4) is 0 Å². The summed E-state index contributed by atoms with van der Waals surface area (Å²) in [5.41, 5.74) is 0.00752. The molecule has 23 heavy (non-hydrogen) atoms. The minimum Gasteiger partial charge on any atom is -0.390 e. The van der Waals surface area contributed by atoms with E-state index in [-0.39, 0.29) is 22.5 Å². The lowest BCUT2D eigenvalue weighted by atomic mass is 9.43. The van der Waals surface area contributed by atoms with Crippen LogP contribution in [0.15, 0.2) is 11.6 Å². The Bertz CT molecular complexity index is 616. The van der Waals surface area contributed by atoms with Crippen LogP contribution in [0, 0.1) is 28.6 Å². The van der Waals surface area contributed by atoms with Gasteiger partial charge < -0.3 is 5.11 Å². The summed E-state index contributed by atoms with van der Waals surface area (Å²) in [7, 11) is 0. The summed E-state index contributed by atoms with van der Waals surface area (Å²) in [5, 5.41) is 11.4. The zero-order valence-electron chi connectivity index (χ0n) is 14.5. The molecule has 0 aliphatic heterocycles. The third-order valence-corrected chi connectivity index (χ3v) is 7.87. The zero-order chi connectivity index (χ0) is 16.6. The second kappa shape index (κ2) is 4.56. The van der Waals surface area contributed by atoms with E-state index in [0.717, 1.165) is 25.7 Å². The minimum absolute atomic E-state index is 0.0761. The van der Waals surface area contributed by atoms with Gasteiger partial charge in [0.2, 0.25) is 0 Å². The third kappa shape index (κ3) is 1.92. The maximum absolute atomic E-state index is 12.5. The molecule has 0 aromatic heterocycles. The number of ketones is 2. The highest BCUT2D eigenvalue weighted by molar-refractivity contribution is 5.91. The molecule has 3 heteroatoms. The monoisotopic (exact) mass is 316 g/mol. The van der Waals surface area contributed by atoms with Gasteiger partial charge in [-0.1, -0.05) is 19.4 Å². The summed E-state index contributed by atoms with van der Waals surface area (Å²) in [6, 6.07) is 0. The first-order chi connectivity index (χ1) is 10.7. The van der Waals surface area contributed by atoms with Crippen molar-refractivity contribution in [3.05, 3.63) is 11.6 Å². The van der Waals surface area contributed by atoms with Gasteiger partial charge in [-0.25, -0.2) is 0 Å². The van der Waals surface area contributed by atoms with Crippen LogP contribution in [0.2, 0.25) is 0 Å². The average molecular weight is 316 g/mol. The molecule has 0 aromatic carbocycles. The number of carbonyl (C=O) groups is 2. The van der Waals surface area contributed by atoms with Gasteiger partial charge in [-0.2, -0.15) is 0 Å². The smallest absolute Gasteiger partial charge is 0.155 e. The molecule has 0 saturated heterocycles. The molecule has 126 valence electrons. The van der Waals surface area contributed by atoms with E-state index >= 15 is 0 Å². The van der Waals surface area contributed by atoms with Crippen molar-refractivity contribution in [3.63, 3.8) is 0 Å². The fourth-order valence-electron chi connectivity index (χ4n) is 7.10. The number of carbonyl (C=O) groups excluding carboxylic acids is 2. The Labute approximate surface area is 138 Å². The van der Waals surface area contributed by atoms with Crippen molar-refractivity contribution in [2.75, 3.05) is 0 Å². The first kappa shape index (κ1) is 15.6. The molecule has 4 aliphatic carbocycles. The van der Waals surface area contributed by atoms with Crippen molar-refractivity contribution in [1.29, 1.82) is 0 Å². The molecular weight excluding hydrogens is 288 g/mol. The van der Waals surface area contributed by atoms with E-state index in [1.165, 1.54) is 5.57 Å². The van der Waals surface area contributed by atoms with Crippen LogP contribution in [0.1, 0.15) is 65.7 Å². The predicted molar refractivity (Wildman–Crippen MR) is 87.7 cm³/mol. The van der Waals surface area contributed by atoms with Crippen LogP contribution >= 0.6 is 0 Å². The zero-order valence-corrected chi connectivity index (χ0v) is 14.5. The SMILES string of the molecule is C[C@]1(O)C[C@]2(C)C(=O)CC[C@H]2[C@@H]2CCC3=CC(=O)CC[C@]3(C)[C@H]21. The first-order valence-corrected chi connectivity index (χ1v) is 9.18. The molecule has 3 nitrogen and oxygen atoms in total. The van der Waals surface area contributed by atoms with E-state index < -0.39 is 5.60 Å². The normalized spacial score (nSPS) is 52.5. The highest BCUT2D eigenvalue weighted by atomic mass is 16.3. The largest absolute Gasteiger partial charge is 0.390 e. The average Bonchev–Trinajstić information content (AvgIpc) is 2.73. The Balaban J connectivity index is 1.81. The topological polar surface area (TPSA) is 54.4 Å². The van der Waals surface area contributed by atoms with Crippen molar-refractivity contribution < 1.29 is 14.7 Å². The predicted octanol–water partition coefficient (Wildman–Crippen LogP) is 3.45. The maximum atomic E-state index is 12.5. The molecule has 3 fully saturated rings. The molecule has 6 atom stereocenters.